The normalized spacial score (nSPS) is 10.8. The third-order valence-corrected chi connectivity index (χ3v) is 2.55. The van der Waals surface area contributed by atoms with Crippen LogP contribution in [-0.4, -0.2) is 51.2 Å². The van der Waals surface area contributed by atoms with Crippen LogP contribution < -0.4 is 11.1 Å². The van der Waals surface area contributed by atoms with Crippen LogP contribution in [0.3, 0.4) is 0 Å². The van der Waals surface area contributed by atoms with Crippen molar-refractivity contribution in [2.75, 3.05) is 46.1 Å². The number of carbonyl (C=O) groups excluding carboxylic acids is 1. The molecule has 0 radical (unpaired) electrons. The van der Waals surface area contributed by atoms with Gasteiger partial charge in [0.25, 0.3) is 5.91 Å². The van der Waals surface area contributed by atoms with Crippen molar-refractivity contribution in [1.29, 1.82) is 0 Å². The van der Waals surface area contributed by atoms with E-state index in [0.717, 1.165) is 12.6 Å². The van der Waals surface area contributed by atoms with E-state index in [4.69, 9.17) is 10.5 Å². The van der Waals surface area contributed by atoms with Crippen LogP contribution in [0.25, 0.3) is 0 Å². The molecule has 0 saturated heterocycles. The summed E-state index contributed by atoms with van der Waals surface area (Å²) in [5, 5.41) is 2.48. The fourth-order valence-electron chi connectivity index (χ4n) is 1.42. The Balaban J connectivity index is 2.38. The maximum Gasteiger partial charge on any atom is 0.254 e. The Labute approximate surface area is 116 Å². The SMILES string of the molecule is CN(C)CCOCCNC(=O)c1cc(N)c(F)cc1F. The van der Waals surface area contributed by atoms with E-state index >= 15 is 0 Å². The maximum absolute atomic E-state index is 13.4. The second-order valence-electron chi connectivity index (χ2n) is 4.53. The van der Waals surface area contributed by atoms with E-state index in [2.05, 4.69) is 5.32 Å². The van der Waals surface area contributed by atoms with Crippen LogP contribution in [0.5, 0.6) is 0 Å². The zero-order valence-electron chi connectivity index (χ0n) is 11.6. The number of benzene rings is 1. The number of nitrogen functional groups attached to an aromatic ring is 1. The molecule has 7 heteroatoms. The van der Waals surface area contributed by atoms with Crippen LogP contribution in [-0.2, 0) is 4.74 Å². The molecule has 1 amide bonds. The average molecular weight is 287 g/mol. The highest BCUT2D eigenvalue weighted by atomic mass is 19.1. The fraction of sp³-hybridized carbons (Fsp3) is 0.462. The standard InChI is InChI=1S/C13H19F2N3O2/c1-18(2)4-6-20-5-3-17-13(19)9-7-12(16)11(15)8-10(9)14/h7-8H,3-6,16H2,1-2H3,(H,17,19). The summed E-state index contributed by atoms with van der Waals surface area (Å²) < 4.78 is 31.6. The lowest BCUT2D eigenvalue weighted by molar-refractivity contribution is 0.0896. The van der Waals surface area contributed by atoms with Crippen molar-refractivity contribution >= 4 is 11.6 Å². The molecular weight excluding hydrogens is 268 g/mol. The second kappa shape index (κ2) is 7.76. The third-order valence-electron chi connectivity index (χ3n) is 2.55. The Morgan fingerprint density at radius 3 is 2.65 bits per heavy atom. The summed E-state index contributed by atoms with van der Waals surface area (Å²) in [5.41, 5.74) is 4.75. The quantitative estimate of drug-likeness (QED) is 0.576. The van der Waals surface area contributed by atoms with Gasteiger partial charge in [0.15, 0.2) is 0 Å². The zero-order chi connectivity index (χ0) is 15.1. The van der Waals surface area contributed by atoms with E-state index < -0.39 is 17.5 Å². The number of hydrogen-bond donors (Lipinski definition) is 2. The van der Waals surface area contributed by atoms with E-state index in [1.807, 2.05) is 19.0 Å². The molecule has 0 heterocycles. The first kappa shape index (κ1) is 16.3. The average Bonchev–Trinajstić information content (AvgIpc) is 2.37. The predicted molar refractivity (Wildman–Crippen MR) is 72.5 cm³/mol. The van der Waals surface area contributed by atoms with Crippen molar-refractivity contribution < 1.29 is 18.3 Å². The summed E-state index contributed by atoms with van der Waals surface area (Å²) >= 11 is 0. The van der Waals surface area contributed by atoms with E-state index in [1.165, 1.54) is 0 Å². The Morgan fingerprint density at radius 1 is 1.30 bits per heavy atom. The number of rotatable bonds is 7. The molecule has 3 N–H and O–H groups in total. The number of anilines is 1. The monoisotopic (exact) mass is 287 g/mol. The Bertz CT molecular complexity index is 467. The van der Waals surface area contributed by atoms with Crippen molar-refractivity contribution in [3.8, 4) is 0 Å². The van der Waals surface area contributed by atoms with Crippen LogP contribution in [0.1, 0.15) is 10.4 Å². The highest BCUT2D eigenvalue weighted by Gasteiger charge is 2.14. The largest absolute Gasteiger partial charge is 0.396 e. The molecule has 5 nitrogen and oxygen atoms in total. The lowest BCUT2D eigenvalue weighted by Crippen LogP contribution is -2.29. The highest BCUT2D eigenvalue weighted by Crippen LogP contribution is 2.16. The minimum absolute atomic E-state index is 0.239. The first-order valence-electron chi connectivity index (χ1n) is 6.17. The molecule has 0 aliphatic heterocycles. The summed E-state index contributed by atoms with van der Waals surface area (Å²) in [6, 6.07) is 1.57. The lowest BCUT2D eigenvalue weighted by Gasteiger charge is -2.10. The van der Waals surface area contributed by atoms with Gasteiger partial charge in [-0.15, -0.1) is 0 Å². The number of likely N-dealkylation sites (N-methyl/N-ethyl adjacent to an activating group) is 1. The van der Waals surface area contributed by atoms with Crippen molar-refractivity contribution in [1.82, 2.24) is 10.2 Å². The molecule has 0 atom stereocenters. The topological polar surface area (TPSA) is 67.6 Å². The van der Waals surface area contributed by atoms with E-state index in [1.54, 1.807) is 0 Å². The van der Waals surface area contributed by atoms with Crippen molar-refractivity contribution in [2.45, 2.75) is 0 Å². The summed E-state index contributed by atoms with van der Waals surface area (Å²) in [6.45, 7) is 1.87. The van der Waals surface area contributed by atoms with Gasteiger partial charge in [0.2, 0.25) is 0 Å². The molecule has 1 rings (SSSR count). The van der Waals surface area contributed by atoms with Gasteiger partial charge in [-0.1, -0.05) is 0 Å². The number of nitrogens with zero attached hydrogens (tertiary/aromatic N) is 1. The number of hydrogen-bond acceptors (Lipinski definition) is 4. The summed E-state index contributed by atoms with van der Waals surface area (Å²) in [6.07, 6.45) is 0. The maximum atomic E-state index is 13.4. The zero-order valence-corrected chi connectivity index (χ0v) is 11.6. The van der Waals surface area contributed by atoms with Crippen LogP contribution in [0.4, 0.5) is 14.5 Å². The molecule has 0 saturated carbocycles. The number of nitrogens with one attached hydrogen (secondary N) is 1. The third kappa shape index (κ3) is 5.10. The number of carbonyl (C=O) groups is 1. The first-order chi connectivity index (χ1) is 9.41. The highest BCUT2D eigenvalue weighted by molar-refractivity contribution is 5.95. The number of nitrogens with two attached hydrogens (primary N) is 1. The molecule has 0 unspecified atom stereocenters. The van der Waals surface area contributed by atoms with Crippen LogP contribution in [0.2, 0.25) is 0 Å². The smallest absolute Gasteiger partial charge is 0.254 e. The minimum Gasteiger partial charge on any atom is -0.396 e. The molecule has 1 aromatic carbocycles. The first-order valence-corrected chi connectivity index (χ1v) is 6.17. The van der Waals surface area contributed by atoms with Crippen LogP contribution >= 0.6 is 0 Å². The van der Waals surface area contributed by atoms with Gasteiger partial charge in [-0.05, 0) is 20.2 Å². The van der Waals surface area contributed by atoms with Crippen LogP contribution in [0.15, 0.2) is 12.1 Å². The Morgan fingerprint density at radius 2 is 2.00 bits per heavy atom. The minimum atomic E-state index is -0.942. The molecule has 0 aromatic heterocycles. The van der Waals surface area contributed by atoms with Gasteiger partial charge in [0.1, 0.15) is 11.6 Å². The van der Waals surface area contributed by atoms with E-state index in [0.29, 0.717) is 19.3 Å². The Kier molecular flexibility index (Phi) is 6.33. The van der Waals surface area contributed by atoms with Crippen molar-refractivity contribution in [3.05, 3.63) is 29.3 Å². The van der Waals surface area contributed by atoms with Crippen molar-refractivity contribution in [3.63, 3.8) is 0 Å². The molecule has 112 valence electrons. The fourth-order valence-corrected chi connectivity index (χ4v) is 1.42. The lowest BCUT2D eigenvalue weighted by atomic mass is 10.1. The summed E-state index contributed by atoms with van der Waals surface area (Å²) in [4.78, 5) is 13.6. The van der Waals surface area contributed by atoms with Gasteiger partial charge in [0, 0.05) is 19.2 Å². The molecule has 0 aliphatic rings. The molecule has 0 fully saturated rings. The predicted octanol–water partition coefficient (Wildman–Crippen LogP) is 0.855. The molecule has 1 aromatic rings. The number of amides is 1. The van der Waals surface area contributed by atoms with E-state index in [9.17, 15) is 13.6 Å². The summed E-state index contributed by atoms with van der Waals surface area (Å²) in [5.74, 6) is -2.47. The molecule has 0 aliphatic carbocycles. The van der Waals surface area contributed by atoms with Crippen molar-refractivity contribution in [2.24, 2.45) is 0 Å². The van der Waals surface area contributed by atoms with Gasteiger partial charge in [-0.3, -0.25) is 4.79 Å². The number of ether oxygens (including phenoxy) is 1. The molecular formula is C13H19F2N3O2. The summed E-state index contributed by atoms with van der Waals surface area (Å²) in [7, 11) is 3.85. The van der Waals surface area contributed by atoms with Gasteiger partial charge in [-0.2, -0.15) is 0 Å². The molecule has 0 bridgehead atoms. The van der Waals surface area contributed by atoms with E-state index in [-0.39, 0.29) is 17.8 Å². The number of halogens is 2. The van der Waals surface area contributed by atoms with Gasteiger partial charge < -0.3 is 20.7 Å². The molecule has 0 spiro atoms. The Hall–Kier alpha value is -1.73. The van der Waals surface area contributed by atoms with Gasteiger partial charge in [0.05, 0.1) is 24.5 Å². The molecule has 20 heavy (non-hydrogen) atoms. The second-order valence-corrected chi connectivity index (χ2v) is 4.53. The van der Waals surface area contributed by atoms with Gasteiger partial charge in [-0.25, -0.2) is 8.78 Å². The van der Waals surface area contributed by atoms with Gasteiger partial charge >= 0.3 is 0 Å². The van der Waals surface area contributed by atoms with Crippen LogP contribution in [0, 0.1) is 11.6 Å².